The largest absolute Gasteiger partial charge is 0.345 e. The summed E-state index contributed by atoms with van der Waals surface area (Å²) in [4.78, 5) is 18.0. The minimum Gasteiger partial charge on any atom is -0.345 e. The average molecular weight is 356 g/mol. The van der Waals surface area contributed by atoms with E-state index >= 15 is 0 Å². The third kappa shape index (κ3) is 3.73. The van der Waals surface area contributed by atoms with Crippen LogP contribution in [-0.2, 0) is 4.79 Å². The van der Waals surface area contributed by atoms with Crippen LogP contribution in [0, 0.1) is 0 Å². The van der Waals surface area contributed by atoms with Crippen molar-refractivity contribution >= 4 is 23.2 Å². The van der Waals surface area contributed by atoms with Gasteiger partial charge in [-0.1, -0.05) is 41.9 Å². The Labute approximate surface area is 150 Å². The molecule has 0 atom stereocenters. The van der Waals surface area contributed by atoms with E-state index in [1.807, 2.05) is 30.3 Å². The number of amides is 1. The minimum absolute atomic E-state index is 0.0934. The van der Waals surface area contributed by atoms with Crippen molar-refractivity contribution < 1.29 is 10.0 Å². The van der Waals surface area contributed by atoms with Crippen LogP contribution in [0.1, 0.15) is 5.56 Å². The van der Waals surface area contributed by atoms with Crippen LogP contribution in [0.4, 0.5) is 0 Å². The van der Waals surface area contributed by atoms with Crippen molar-refractivity contribution in [3.63, 3.8) is 0 Å². The van der Waals surface area contributed by atoms with Gasteiger partial charge in [0.25, 0.3) is 0 Å². The van der Waals surface area contributed by atoms with Crippen LogP contribution < -0.4 is 10.6 Å². The first-order valence-corrected chi connectivity index (χ1v) is 8.16. The van der Waals surface area contributed by atoms with Crippen molar-refractivity contribution in [1.29, 1.82) is 0 Å². The minimum atomic E-state index is -0.189. The molecule has 25 heavy (non-hydrogen) atoms. The molecular formula is C19H18ClN3O2. The van der Waals surface area contributed by atoms with Gasteiger partial charge in [0, 0.05) is 36.0 Å². The lowest BCUT2D eigenvalue weighted by Gasteiger charge is -2.19. The number of halogens is 1. The van der Waals surface area contributed by atoms with E-state index in [4.69, 9.17) is 11.6 Å². The zero-order valence-corrected chi connectivity index (χ0v) is 14.7. The topological polar surface area (TPSA) is 56.1 Å². The maximum Gasteiger partial charge on any atom is 0.247 e. The van der Waals surface area contributed by atoms with E-state index in [1.54, 1.807) is 32.3 Å². The Morgan fingerprint density at radius 3 is 2.64 bits per heavy atom. The molecule has 1 heterocycles. The predicted molar refractivity (Wildman–Crippen MR) is 96.5 cm³/mol. The van der Waals surface area contributed by atoms with E-state index in [0.717, 1.165) is 10.6 Å². The second-order valence-corrected chi connectivity index (χ2v) is 6.35. The third-order valence-electron chi connectivity index (χ3n) is 3.83. The van der Waals surface area contributed by atoms with Crippen LogP contribution in [0.15, 0.2) is 65.3 Å². The maximum atomic E-state index is 12.0. The SMILES string of the molecule is CN(C)C(=O)/C=C1/CN(O)C(c2ccccc2)=c2cc(Cl)ccc2=N1. The van der Waals surface area contributed by atoms with Gasteiger partial charge in [-0.05, 0) is 18.2 Å². The molecule has 0 bridgehead atoms. The summed E-state index contributed by atoms with van der Waals surface area (Å²) in [5.41, 5.74) is 1.90. The standard InChI is InChI=1S/C19H18ClN3O2/c1-22(2)18(24)11-15-12-23(25)19(13-6-4-3-5-7-13)16-10-14(20)8-9-17(16)21-15/h3-11,25H,12H2,1-2H3/b15-11-. The lowest BCUT2D eigenvalue weighted by molar-refractivity contribution is -0.123. The molecule has 6 heteroatoms. The van der Waals surface area contributed by atoms with Crippen molar-refractivity contribution in [1.82, 2.24) is 9.96 Å². The Morgan fingerprint density at radius 2 is 1.96 bits per heavy atom. The van der Waals surface area contributed by atoms with Crippen LogP contribution in [0.25, 0.3) is 5.70 Å². The van der Waals surface area contributed by atoms with Crippen LogP contribution in [0.5, 0.6) is 0 Å². The molecule has 1 aliphatic rings. The van der Waals surface area contributed by atoms with Gasteiger partial charge in [0.2, 0.25) is 5.91 Å². The number of rotatable bonds is 2. The molecule has 0 spiro atoms. The monoisotopic (exact) mass is 355 g/mol. The van der Waals surface area contributed by atoms with Gasteiger partial charge in [-0.25, -0.2) is 5.06 Å². The van der Waals surface area contributed by atoms with E-state index < -0.39 is 0 Å². The number of carbonyl (C=O) groups excluding carboxylic acids is 1. The number of fused-ring (bicyclic) bond motifs is 1. The Morgan fingerprint density at radius 1 is 1.24 bits per heavy atom. The first kappa shape index (κ1) is 17.2. The highest BCUT2D eigenvalue weighted by atomic mass is 35.5. The Bertz CT molecular complexity index is 952. The fraction of sp³-hybridized carbons (Fsp3) is 0.158. The van der Waals surface area contributed by atoms with Gasteiger partial charge in [0.05, 0.1) is 23.3 Å². The third-order valence-corrected chi connectivity index (χ3v) is 4.06. The van der Waals surface area contributed by atoms with Crippen LogP contribution >= 0.6 is 11.6 Å². The summed E-state index contributed by atoms with van der Waals surface area (Å²) in [6.07, 6.45) is 1.43. The first-order valence-electron chi connectivity index (χ1n) is 7.78. The lowest BCUT2D eigenvalue weighted by Crippen LogP contribution is -2.31. The van der Waals surface area contributed by atoms with E-state index in [-0.39, 0.29) is 12.5 Å². The molecule has 2 aromatic rings. The first-order chi connectivity index (χ1) is 12.0. The number of hydrogen-bond donors (Lipinski definition) is 1. The second-order valence-electron chi connectivity index (χ2n) is 5.91. The normalized spacial score (nSPS) is 15.4. The van der Waals surface area contributed by atoms with E-state index in [0.29, 0.717) is 27.0 Å². The molecule has 2 aromatic carbocycles. The summed E-state index contributed by atoms with van der Waals surface area (Å²) >= 11 is 6.16. The van der Waals surface area contributed by atoms with Gasteiger partial charge >= 0.3 is 0 Å². The molecule has 5 nitrogen and oxygen atoms in total. The van der Waals surface area contributed by atoms with Gasteiger partial charge < -0.3 is 4.90 Å². The summed E-state index contributed by atoms with van der Waals surface area (Å²) in [5, 5.41) is 13.7. The summed E-state index contributed by atoms with van der Waals surface area (Å²) in [6, 6.07) is 14.8. The van der Waals surface area contributed by atoms with E-state index in [1.165, 1.54) is 11.0 Å². The summed E-state index contributed by atoms with van der Waals surface area (Å²) in [5.74, 6) is -0.189. The number of hydroxylamine groups is 2. The Balaban J connectivity index is 2.28. The highest BCUT2D eigenvalue weighted by molar-refractivity contribution is 6.30. The Hall–Kier alpha value is -2.63. The fourth-order valence-electron chi connectivity index (χ4n) is 2.61. The zero-order valence-electron chi connectivity index (χ0n) is 14.0. The van der Waals surface area contributed by atoms with Gasteiger partial charge in [0.1, 0.15) is 0 Å². The molecule has 0 fully saturated rings. The van der Waals surface area contributed by atoms with Gasteiger partial charge in [0.15, 0.2) is 0 Å². The number of likely N-dealkylation sites (N-methyl/N-ethyl adjacent to an activating group) is 1. The highest BCUT2D eigenvalue weighted by Gasteiger charge is 2.17. The second kappa shape index (κ2) is 7.09. The number of hydrogen-bond acceptors (Lipinski definition) is 4. The quantitative estimate of drug-likeness (QED) is 0.836. The highest BCUT2D eigenvalue weighted by Crippen LogP contribution is 2.18. The molecule has 128 valence electrons. The predicted octanol–water partition coefficient (Wildman–Crippen LogP) is 1.79. The molecule has 1 aliphatic heterocycles. The Kier molecular flexibility index (Phi) is 4.88. The summed E-state index contributed by atoms with van der Waals surface area (Å²) in [6.45, 7) is 0.0934. The molecule has 0 unspecified atom stereocenters. The van der Waals surface area contributed by atoms with Crippen LogP contribution in [-0.4, -0.2) is 41.7 Å². The van der Waals surface area contributed by atoms with Crippen LogP contribution in [0.2, 0.25) is 5.02 Å². The molecule has 0 aliphatic carbocycles. The molecule has 0 aromatic heterocycles. The molecule has 1 N–H and O–H groups in total. The fourth-order valence-corrected chi connectivity index (χ4v) is 2.78. The van der Waals surface area contributed by atoms with Crippen molar-refractivity contribution in [2.75, 3.05) is 20.6 Å². The van der Waals surface area contributed by atoms with E-state index in [9.17, 15) is 10.0 Å². The van der Waals surface area contributed by atoms with Crippen molar-refractivity contribution in [2.45, 2.75) is 0 Å². The molecule has 0 radical (unpaired) electrons. The molecule has 1 amide bonds. The average Bonchev–Trinajstić information content (AvgIpc) is 2.70. The molecular weight excluding hydrogens is 338 g/mol. The van der Waals surface area contributed by atoms with Crippen molar-refractivity contribution in [3.05, 3.63) is 81.5 Å². The molecule has 0 saturated carbocycles. The van der Waals surface area contributed by atoms with E-state index in [2.05, 4.69) is 4.99 Å². The van der Waals surface area contributed by atoms with Gasteiger partial charge in [-0.3, -0.25) is 15.0 Å². The number of carbonyl (C=O) groups is 1. The van der Waals surface area contributed by atoms with Crippen molar-refractivity contribution in [3.8, 4) is 0 Å². The summed E-state index contributed by atoms with van der Waals surface area (Å²) in [7, 11) is 3.34. The van der Waals surface area contributed by atoms with Crippen LogP contribution in [0.3, 0.4) is 0 Å². The maximum absolute atomic E-state index is 12.0. The molecule has 0 saturated heterocycles. The smallest absolute Gasteiger partial charge is 0.247 e. The van der Waals surface area contributed by atoms with Gasteiger partial charge in [-0.2, -0.15) is 0 Å². The number of benzene rings is 2. The molecule has 3 rings (SSSR count). The number of nitrogens with zero attached hydrogens (tertiary/aromatic N) is 3. The summed E-state index contributed by atoms with van der Waals surface area (Å²) < 4.78 is 0. The van der Waals surface area contributed by atoms with Crippen molar-refractivity contribution in [2.24, 2.45) is 4.99 Å². The van der Waals surface area contributed by atoms with Gasteiger partial charge in [-0.15, -0.1) is 0 Å². The zero-order chi connectivity index (χ0) is 18.0. The lowest BCUT2D eigenvalue weighted by atomic mass is 10.1.